The molecule has 3 aromatic rings. The van der Waals surface area contributed by atoms with Crippen LogP contribution in [-0.4, -0.2) is 20.2 Å². The Morgan fingerprint density at radius 1 is 1.38 bits per heavy atom. The van der Waals surface area contributed by atoms with Gasteiger partial charge in [0.05, 0.1) is 5.56 Å². The number of rotatable bonds is 1. The fourth-order valence-corrected chi connectivity index (χ4v) is 1.62. The molecule has 0 saturated carbocycles. The normalized spacial score (nSPS) is 11.1. The van der Waals surface area contributed by atoms with E-state index in [1.807, 2.05) is 19.1 Å². The zero-order valence-electron chi connectivity index (χ0n) is 8.44. The highest BCUT2D eigenvalue weighted by molar-refractivity contribution is 5.91. The summed E-state index contributed by atoms with van der Waals surface area (Å²) in [6.45, 7) is 1.91. The maximum Gasteiger partial charge on any atom is 0.434 e. The van der Waals surface area contributed by atoms with Gasteiger partial charge < -0.3 is 9.40 Å². The second kappa shape index (κ2) is 3.06. The van der Waals surface area contributed by atoms with E-state index in [1.54, 1.807) is 6.20 Å². The van der Waals surface area contributed by atoms with E-state index in [0.29, 0.717) is 0 Å². The van der Waals surface area contributed by atoms with Crippen molar-refractivity contribution in [3.8, 4) is 11.5 Å². The van der Waals surface area contributed by atoms with Crippen LogP contribution in [0.2, 0.25) is 0 Å². The lowest BCUT2D eigenvalue weighted by Crippen LogP contribution is -1.93. The Kier molecular flexibility index (Phi) is 1.70. The minimum Gasteiger partial charge on any atom is -0.388 e. The summed E-state index contributed by atoms with van der Waals surface area (Å²) in [6, 6.07) is 3.81. The highest BCUT2D eigenvalue weighted by Gasteiger charge is 2.11. The molecule has 0 aliphatic rings. The fraction of sp³-hybridized carbons (Fsp3) is 0.100. The quantitative estimate of drug-likeness (QED) is 0.640. The Hall–Kier alpha value is -2.37. The molecule has 0 amide bonds. The van der Waals surface area contributed by atoms with Gasteiger partial charge in [-0.05, 0) is 19.1 Å². The number of aromatic nitrogens is 4. The van der Waals surface area contributed by atoms with Crippen molar-refractivity contribution < 1.29 is 4.42 Å². The third-order valence-electron chi connectivity index (χ3n) is 2.35. The molecule has 16 heavy (non-hydrogen) atoms. The molecule has 2 N–H and O–H groups in total. The van der Waals surface area contributed by atoms with Crippen LogP contribution in [0, 0.1) is 6.92 Å². The molecule has 3 heterocycles. The van der Waals surface area contributed by atoms with Gasteiger partial charge in [0.15, 0.2) is 0 Å². The molecule has 0 fully saturated rings. The Labute approximate surface area is 89.3 Å². The van der Waals surface area contributed by atoms with Crippen molar-refractivity contribution in [3.05, 3.63) is 34.6 Å². The molecule has 0 aliphatic heterocycles. The van der Waals surface area contributed by atoms with E-state index in [0.717, 1.165) is 22.3 Å². The number of hydrogen-bond donors (Lipinski definition) is 2. The molecule has 0 atom stereocenters. The van der Waals surface area contributed by atoms with Crippen LogP contribution in [0.15, 0.2) is 27.5 Å². The van der Waals surface area contributed by atoms with Gasteiger partial charge in [-0.25, -0.2) is 14.9 Å². The maximum atomic E-state index is 10.9. The summed E-state index contributed by atoms with van der Waals surface area (Å²) in [5.41, 5.74) is 2.39. The molecular weight excluding hydrogens is 208 g/mol. The number of aryl methyl sites for hydroxylation is 1. The number of H-pyrrole nitrogens is 2. The predicted molar refractivity (Wildman–Crippen MR) is 56.9 cm³/mol. The van der Waals surface area contributed by atoms with Gasteiger partial charge in [0.2, 0.25) is 0 Å². The van der Waals surface area contributed by atoms with E-state index >= 15 is 0 Å². The van der Waals surface area contributed by atoms with E-state index in [2.05, 4.69) is 20.2 Å². The van der Waals surface area contributed by atoms with Crippen molar-refractivity contribution in [3.63, 3.8) is 0 Å². The first-order valence-electron chi connectivity index (χ1n) is 4.74. The molecule has 0 saturated heterocycles. The van der Waals surface area contributed by atoms with Crippen molar-refractivity contribution in [2.75, 3.05) is 0 Å². The lowest BCUT2D eigenvalue weighted by atomic mass is 10.2. The molecule has 6 nitrogen and oxygen atoms in total. The van der Waals surface area contributed by atoms with Gasteiger partial charge in [0.1, 0.15) is 5.65 Å². The van der Waals surface area contributed by atoms with Crippen molar-refractivity contribution in [2.24, 2.45) is 0 Å². The predicted octanol–water partition coefficient (Wildman–Crippen LogP) is 1.21. The number of nitrogens with one attached hydrogen (secondary N) is 2. The Morgan fingerprint density at radius 2 is 2.25 bits per heavy atom. The molecule has 0 aliphatic carbocycles. The molecule has 3 aromatic heterocycles. The monoisotopic (exact) mass is 216 g/mol. The average molecular weight is 216 g/mol. The van der Waals surface area contributed by atoms with E-state index in [9.17, 15) is 4.79 Å². The standard InChI is InChI=1S/C10H8N4O2/c1-5-2-3-6-7(4-11-8(6)12-5)9-13-14-10(15)16-9/h2-4H,1H3,(H,11,12)(H,14,15). The molecule has 80 valence electrons. The van der Waals surface area contributed by atoms with Crippen LogP contribution in [0.5, 0.6) is 0 Å². The Morgan fingerprint density at radius 3 is 3.00 bits per heavy atom. The molecular formula is C10H8N4O2. The minimum absolute atomic E-state index is 0.266. The summed E-state index contributed by atoms with van der Waals surface area (Å²) in [5, 5.41) is 6.88. The van der Waals surface area contributed by atoms with Gasteiger partial charge >= 0.3 is 5.76 Å². The first kappa shape index (κ1) is 8.90. The molecule has 0 spiro atoms. The molecule has 0 bridgehead atoms. The topological polar surface area (TPSA) is 87.6 Å². The number of hydrogen-bond acceptors (Lipinski definition) is 4. The smallest absolute Gasteiger partial charge is 0.388 e. The molecule has 6 heteroatoms. The zero-order valence-corrected chi connectivity index (χ0v) is 8.44. The first-order valence-corrected chi connectivity index (χ1v) is 4.74. The Bertz CT molecular complexity index is 707. The SMILES string of the molecule is Cc1ccc2c(-c3n[nH]c(=O)o3)c[nH]c2n1. The lowest BCUT2D eigenvalue weighted by molar-refractivity contribution is 0.527. The van der Waals surface area contributed by atoms with Gasteiger partial charge in [-0.3, -0.25) is 0 Å². The second-order valence-electron chi connectivity index (χ2n) is 3.47. The number of nitrogens with zero attached hydrogens (tertiary/aromatic N) is 2. The maximum absolute atomic E-state index is 10.9. The van der Waals surface area contributed by atoms with Crippen molar-refractivity contribution >= 4 is 11.0 Å². The summed E-state index contributed by atoms with van der Waals surface area (Å²) >= 11 is 0. The average Bonchev–Trinajstić information content (AvgIpc) is 2.83. The minimum atomic E-state index is -0.565. The van der Waals surface area contributed by atoms with Crippen LogP contribution in [0.3, 0.4) is 0 Å². The molecule has 3 rings (SSSR count). The summed E-state index contributed by atoms with van der Waals surface area (Å²) in [4.78, 5) is 18.2. The number of fused-ring (bicyclic) bond motifs is 1. The summed E-state index contributed by atoms with van der Waals surface area (Å²) in [5.74, 6) is -0.300. The fourth-order valence-electron chi connectivity index (χ4n) is 1.62. The van der Waals surface area contributed by atoms with Gasteiger partial charge in [-0.2, -0.15) is 0 Å². The van der Waals surface area contributed by atoms with Crippen LogP contribution in [0.1, 0.15) is 5.69 Å². The van der Waals surface area contributed by atoms with Crippen LogP contribution < -0.4 is 5.76 Å². The van der Waals surface area contributed by atoms with Gasteiger partial charge in [-0.1, -0.05) is 0 Å². The van der Waals surface area contributed by atoms with Crippen LogP contribution in [-0.2, 0) is 0 Å². The van der Waals surface area contributed by atoms with Crippen molar-refractivity contribution in [1.82, 2.24) is 20.2 Å². The van der Waals surface area contributed by atoms with E-state index in [1.165, 1.54) is 0 Å². The number of pyridine rings is 1. The summed E-state index contributed by atoms with van der Waals surface area (Å²) < 4.78 is 4.90. The second-order valence-corrected chi connectivity index (χ2v) is 3.47. The van der Waals surface area contributed by atoms with Gasteiger partial charge in [-0.15, -0.1) is 5.10 Å². The first-order chi connectivity index (χ1) is 7.74. The largest absolute Gasteiger partial charge is 0.434 e. The van der Waals surface area contributed by atoms with Crippen molar-refractivity contribution in [2.45, 2.75) is 6.92 Å². The van der Waals surface area contributed by atoms with Crippen LogP contribution >= 0.6 is 0 Å². The van der Waals surface area contributed by atoms with Gasteiger partial charge in [0, 0.05) is 17.3 Å². The summed E-state index contributed by atoms with van der Waals surface area (Å²) in [6.07, 6.45) is 1.72. The molecule has 0 radical (unpaired) electrons. The van der Waals surface area contributed by atoms with Crippen LogP contribution in [0.4, 0.5) is 0 Å². The highest BCUT2D eigenvalue weighted by Crippen LogP contribution is 2.25. The number of aromatic amines is 2. The van der Waals surface area contributed by atoms with E-state index < -0.39 is 5.76 Å². The third kappa shape index (κ3) is 1.23. The van der Waals surface area contributed by atoms with E-state index in [4.69, 9.17) is 4.42 Å². The van der Waals surface area contributed by atoms with E-state index in [-0.39, 0.29) is 5.89 Å². The molecule has 0 unspecified atom stereocenters. The van der Waals surface area contributed by atoms with Gasteiger partial charge in [0.25, 0.3) is 5.89 Å². The Balaban J connectivity index is 2.29. The van der Waals surface area contributed by atoms with Crippen molar-refractivity contribution in [1.29, 1.82) is 0 Å². The summed E-state index contributed by atoms with van der Waals surface area (Å²) in [7, 11) is 0. The zero-order chi connectivity index (χ0) is 11.1. The lowest BCUT2D eigenvalue weighted by Gasteiger charge is -1.93. The molecule has 0 aromatic carbocycles. The third-order valence-corrected chi connectivity index (χ3v) is 2.35. The van der Waals surface area contributed by atoms with Crippen LogP contribution in [0.25, 0.3) is 22.5 Å². The highest BCUT2D eigenvalue weighted by atomic mass is 16.4.